The molecular weight excluding hydrogens is 376 g/mol. The van der Waals surface area contributed by atoms with Crippen LogP contribution in [0.25, 0.3) is 0 Å². The zero-order valence-corrected chi connectivity index (χ0v) is 18.4. The van der Waals surface area contributed by atoms with E-state index in [2.05, 4.69) is 44.7 Å². The molecule has 160 valence electrons. The van der Waals surface area contributed by atoms with E-state index in [0.29, 0.717) is 13.2 Å². The Labute approximate surface area is 180 Å². The molecule has 0 saturated heterocycles. The molecule has 30 heavy (non-hydrogen) atoms. The standard InChI is InChI=1S/C26H32O4/c1-5-9-21(18-25(27)28)20-12-14-23(15-13-20)29-16-6-7-17-30-24-11-8-10-22(19-24)26(2,3)4/h8,10-15,19,21H,6-7,16-18H2,1-4H3,(H,27,28). The molecule has 0 aromatic heterocycles. The van der Waals surface area contributed by atoms with Crippen LogP contribution in [0, 0.1) is 11.8 Å². The molecule has 0 aliphatic heterocycles. The summed E-state index contributed by atoms with van der Waals surface area (Å²) in [5.41, 5.74) is 2.27. The molecule has 4 heteroatoms. The van der Waals surface area contributed by atoms with E-state index in [1.807, 2.05) is 36.4 Å². The van der Waals surface area contributed by atoms with E-state index in [0.717, 1.165) is 29.9 Å². The predicted molar refractivity (Wildman–Crippen MR) is 120 cm³/mol. The average Bonchev–Trinajstić information content (AvgIpc) is 2.70. The molecule has 0 saturated carbocycles. The molecule has 4 nitrogen and oxygen atoms in total. The molecule has 0 fully saturated rings. The van der Waals surface area contributed by atoms with Gasteiger partial charge in [0.05, 0.1) is 25.6 Å². The van der Waals surface area contributed by atoms with Crippen molar-refractivity contribution in [3.05, 3.63) is 59.7 Å². The monoisotopic (exact) mass is 408 g/mol. The summed E-state index contributed by atoms with van der Waals surface area (Å²) in [6.45, 7) is 9.57. The van der Waals surface area contributed by atoms with Gasteiger partial charge < -0.3 is 14.6 Å². The highest BCUT2D eigenvalue weighted by Gasteiger charge is 2.14. The van der Waals surface area contributed by atoms with E-state index in [1.54, 1.807) is 6.92 Å². The van der Waals surface area contributed by atoms with E-state index >= 15 is 0 Å². The van der Waals surface area contributed by atoms with Crippen molar-refractivity contribution < 1.29 is 19.4 Å². The number of unbranched alkanes of at least 4 members (excludes halogenated alkanes) is 1. The number of benzene rings is 2. The normalized spacial score (nSPS) is 11.9. The number of rotatable bonds is 10. The molecule has 2 aromatic rings. The Hall–Kier alpha value is -2.93. The first-order valence-corrected chi connectivity index (χ1v) is 10.4. The van der Waals surface area contributed by atoms with Gasteiger partial charge in [-0.25, -0.2) is 0 Å². The molecule has 0 amide bonds. The van der Waals surface area contributed by atoms with Crippen LogP contribution in [0.2, 0.25) is 0 Å². The summed E-state index contributed by atoms with van der Waals surface area (Å²) in [7, 11) is 0. The largest absolute Gasteiger partial charge is 0.494 e. The van der Waals surface area contributed by atoms with Crippen LogP contribution in [-0.4, -0.2) is 24.3 Å². The minimum Gasteiger partial charge on any atom is -0.494 e. The highest BCUT2D eigenvalue weighted by Crippen LogP contribution is 2.26. The van der Waals surface area contributed by atoms with Crippen LogP contribution in [-0.2, 0) is 10.2 Å². The smallest absolute Gasteiger partial charge is 0.304 e. The highest BCUT2D eigenvalue weighted by atomic mass is 16.5. The van der Waals surface area contributed by atoms with Gasteiger partial charge in [0.1, 0.15) is 11.5 Å². The summed E-state index contributed by atoms with van der Waals surface area (Å²) in [5.74, 6) is 6.30. The van der Waals surface area contributed by atoms with Crippen LogP contribution in [0.4, 0.5) is 0 Å². The van der Waals surface area contributed by atoms with Crippen LogP contribution in [0.15, 0.2) is 48.5 Å². The Kier molecular flexibility index (Phi) is 8.80. The third-order valence-electron chi connectivity index (χ3n) is 4.76. The number of carboxylic acid groups (broad SMARTS) is 1. The van der Waals surface area contributed by atoms with Crippen molar-refractivity contribution in [3.63, 3.8) is 0 Å². The van der Waals surface area contributed by atoms with Crippen molar-refractivity contribution in [2.24, 2.45) is 0 Å². The lowest BCUT2D eigenvalue weighted by Gasteiger charge is -2.19. The van der Waals surface area contributed by atoms with E-state index in [9.17, 15) is 4.79 Å². The summed E-state index contributed by atoms with van der Waals surface area (Å²) in [4.78, 5) is 11.0. The number of aliphatic carboxylic acids is 1. The lowest BCUT2D eigenvalue weighted by Crippen LogP contribution is -2.11. The summed E-state index contributed by atoms with van der Waals surface area (Å²) < 4.78 is 11.7. The van der Waals surface area contributed by atoms with Gasteiger partial charge in [-0.1, -0.05) is 51.0 Å². The fourth-order valence-electron chi connectivity index (χ4n) is 3.03. The lowest BCUT2D eigenvalue weighted by molar-refractivity contribution is -0.137. The van der Waals surface area contributed by atoms with Gasteiger partial charge in [0.15, 0.2) is 0 Å². The molecule has 1 atom stereocenters. The van der Waals surface area contributed by atoms with Gasteiger partial charge in [-0.2, -0.15) is 0 Å². The second-order valence-electron chi connectivity index (χ2n) is 8.30. The minimum atomic E-state index is -0.851. The van der Waals surface area contributed by atoms with Gasteiger partial charge in [0.25, 0.3) is 0 Å². The Morgan fingerprint density at radius 1 is 1.00 bits per heavy atom. The van der Waals surface area contributed by atoms with Crippen LogP contribution < -0.4 is 9.47 Å². The average molecular weight is 409 g/mol. The quantitative estimate of drug-likeness (QED) is 0.398. The Morgan fingerprint density at radius 3 is 2.20 bits per heavy atom. The minimum absolute atomic E-state index is 0.000294. The summed E-state index contributed by atoms with van der Waals surface area (Å²) in [5, 5.41) is 9.03. The number of hydrogen-bond acceptors (Lipinski definition) is 3. The van der Waals surface area contributed by atoms with E-state index < -0.39 is 5.97 Å². The Morgan fingerprint density at radius 2 is 1.63 bits per heavy atom. The molecule has 0 aliphatic carbocycles. The first-order chi connectivity index (χ1) is 14.3. The number of ether oxygens (including phenoxy) is 2. The van der Waals surface area contributed by atoms with Gasteiger partial charge in [-0.15, -0.1) is 5.92 Å². The fourth-order valence-corrected chi connectivity index (χ4v) is 3.03. The van der Waals surface area contributed by atoms with Gasteiger partial charge in [-0.05, 0) is 60.6 Å². The zero-order valence-electron chi connectivity index (χ0n) is 18.4. The maximum absolute atomic E-state index is 11.0. The molecule has 0 aliphatic rings. The van der Waals surface area contributed by atoms with Crippen molar-refractivity contribution in [2.75, 3.05) is 13.2 Å². The van der Waals surface area contributed by atoms with Gasteiger partial charge in [0, 0.05) is 0 Å². The molecule has 1 unspecified atom stereocenters. The predicted octanol–water partition coefficient (Wildman–Crippen LogP) is 5.80. The molecule has 2 rings (SSSR count). The highest BCUT2D eigenvalue weighted by molar-refractivity contribution is 5.69. The van der Waals surface area contributed by atoms with Crippen molar-refractivity contribution in [3.8, 4) is 23.3 Å². The summed E-state index contributed by atoms with van der Waals surface area (Å²) in [6, 6.07) is 15.8. The Bertz CT molecular complexity index is 866. The van der Waals surface area contributed by atoms with E-state index in [1.165, 1.54) is 5.56 Å². The SMILES string of the molecule is CC#CC(CC(=O)O)c1ccc(OCCCCOc2cccc(C(C)(C)C)c2)cc1. The van der Waals surface area contributed by atoms with Crippen LogP contribution in [0.1, 0.15) is 64.0 Å². The molecule has 0 bridgehead atoms. The van der Waals surface area contributed by atoms with Crippen LogP contribution in [0.5, 0.6) is 11.5 Å². The summed E-state index contributed by atoms with van der Waals surface area (Å²) in [6.07, 6.45) is 1.80. The molecule has 0 spiro atoms. The van der Waals surface area contributed by atoms with E-state index in [4.69, 9.17) is 14.6 Å². The lowest BCUT2D eigenvalue weighted by atomic mass is 9.87. The third kappa shape index (κ3) is 7.83. The molecule has 0 radical (unpaired) electrons. The number of hydrogen-bond donors (Lipinski definition) is 1. The molecular formula is C26H32O4. The number of carboxylic acids is 1. The third-order valence-corrected chi connectivity index (χ3v) is 4.76. The number of carbonyl (C=O) groups is 1. The second kappa shape index (κ2) is 11.3. The maximum atomic E-state index is 11.0. The van der Waals surface area contributed by atoms with E-state index in [-0.39, 0.29) is 17.8 Å². The molecule has 0 heterocycles. The van der Waals surface area contributed by atoms with Gasteiger partial charge in [0.2, 0.25) is 0 Å². The second-order valence-corrected chi connectivity index (χ2v) is 8.30. The van der Waals surface area contributed by atoms with Gasteiger partial charge in [-0.3, -0.25) is 4.79 Å². The Balaban J connectivity index is 1.73. The van der Waals surface area contributed by atoms with Crippen LogP contribution >= 0.6 is 0 Å². The van der Waals surface area contributed by atoms with Crippen molar-refractivity contribution >= 4 is 5.97 Å². The topological polar surface area (TPSA) is 55.8 Å². The first-order valence-electron chi connectivity index (χ1n) is 10.4. The summed E-state index contributed by atoms with van der Waals surface area (Å²) >= 11 is 0. The molecule has 1 N–H and O–H groups in total. The zero-order chi connectivity index (χ0) is 22.0. The van der Waals surface area contributed by atoms with Crippen LogP contribution in [0.3, 0.4) is 0 Å². The maximum Gasteiger partial charge on any atom is 0.304 e. The van der Waals surface area contributed by atoms with Crippen molar-refractivity contribution in [1.82, 2.24) is 0 Å². The van der Waals surface area contributed by atoms with Gasteiger partial charge >= 0.3 is 5.97 Å². The van der Waals surface area contributed by atoms with Crippen molar-refractivity contribution in [1.29, 1.82) is 0 Å². The van der Waals surface area contributed by atoms with Crippen molar-refractivity contribution in [2.45, 2.75) is 58.3 Å². The first kappa shape index (κ1) is 23.3. The molecule has 2 aromatic carbocycles. The fraction of sp³-hybridized carbons (Fsp3) is 0.423.